The second-order valence-electron chi connectivity index (χ2n) is 3.94. The van der Waals surface area contributed by atoms with Crippen molar-refractivity contribution in [3.05, 3.63) is 16.1 Å². The number of carboxylic acid groups (broad SMARTS) is 1. The Balaban J connectivity index is 3.11. The van der Waals surface area contributed by atoms with Crippen LogP contribution < -0.4 is 0 Å². The van der Waals surface area contributed by atoms with Gasteiger partial charge in [0, 0.05) is 17.4 Å². The van der Waals surface area contributed by atoms with Gasteiger partial charge in [-0.05, 0) is 6.92 Å². The van der Waals surface area contributed by atoms with E-state index in [0.717, 1.165) is 10.6 Å². The molecule has 0 aromatic carbocycles. The molecule has 0 aliphatic carbocycles. The molecule has 1 rings (SSSR count). The average molecular weight is 229 g/mol. The van der Waals surface area contributed by atoms with Crippen molar-refractivity contribution in [2.45, 2.75) is 32.3 Å². The Kier molecular flexibility index (Phi) is 3.46. The van der Waals surface area contributed by atoms with Gasteiger partial charge in [-0.2, -0.15) is 0 Å². The normalized spacial score (nSPS) is 13.9. The molecule has 0 radical (unpaired) electrons. The minimum Gasteiger partial charge on any atom is -0.479 e. The molecule has 1 N–H and O–H groups in total. The standard InChI is InChI=1S/C10H15NO3S/c1-6-8(15-5-11-6)10(2,3)7(14-4)9(12)13/h5,7H,1-4H3,(H,12,13). The fourth-order valence-corrected chi connectivity index (χ4v) is 2.69. The Labute approximate surface area is 92.9 Å². The van der Waals surface area contributed by atoms with E-state index in [1.165, 1.54) is 18.4 Å². The molecule has 84 valence electrons. The lowest BCUT2D eigenvalue weighted by molar-refractivity contribution is -0.152. The molecule has 0 aliphatic rings. The zero-order chi connectivity index (χ0) is 11.6. The summed E-state index contributed by atoms with van der Waals surface area (Å²) in [5.74, 6) is -0.949. The third kappa shape index (κ3) is 2.18. The number of rotatable bonds is 4. The van der Waals surface area contributed by atoms with Crippen LogP contribution in [-0.2, 0) is 14.9 Å². The maximum Gasteiger partial charge on any atom is 0.333 e. The van der Waals surface area contributed by atoms with Gasteiger partial charge in [0.2, 0.25) is 0 Å². The molecule has 1 aromatic rings. The Morgan fingerprint density at radius 3 is 2.60 bits per heavy atom. The summed E-state index contributed by atoms with van der Waals surface area (Å²) >= 11 is 1.46. The highest BCUT2D eigenvalue weighted by Crippen LogP contribution is 2.33. The van der Waals surface area contributed by atoms with E-state index < -0.39 is 17.5 Å². The van der Waals surface area contributed by atoms with E-state index in [-0.39, 0.29) is 0 Å². The third-order valence-corrected chi connectivity index (χ3v) is 3.71. The molecule has 0 aliphatic heterocycles. The largest absolute Gasteiger partial charge is 0.479 e. The number of carbonyl (C=O) groups is 1. The van der Waals surface area contributed by atoms with Crippen molar-refractivity contribution >= 4 is 17.3 Å². The van der Waals surface area contributed by atoms with Crippen LogP contribution in [0.2, 0.25) is 0 Å². The summed E-state index contributed by atoms with van der Waals surface area (Å²) in [6, 6.07) is 0. The van der Waals surface area contributed by atoms with E-state index in [1.54, 1.807) is 5.51 Å². The second kappa shape index (κ2) is 4.28. The maximum atomic E-state index is 11.0. The molecule has 4 nitrogen and oxygen atoms in total. The predicted molar refractivity (Wildman–Crippen MR) is 58.3 cm³/mol. The van der Waals surface area contributed by atoms with Crippen molar-refractivity contribution in [2.75, 3.05) is 7.11 Å². The molecule has 0 bridgehead atoms. The molecular formula is C10H15NO3S. The van der Waals surface area contributed by atoms with Gasteiger partial charge < -0.3 is 9.84 Å². The molecule has 1 atom stereocenters. The smallest absolute Gasteiger partial charge is 0.333 e. The number of ether oxygens (including phenoxy) is 1. The number of aromatic nitrogens is 1. The van der Waals surface area contributed by atoms with Gasteiger partial charge in [-0.15, -0.1) is 11.3 Å². The van der Waals surface area contributed by atoms with E-state index in [0.29, 0.717) is 0 Å². The number of thiazole rings is 1. The van der Waals surface area contributed by atoms with Crippen LogP contribution in [0, 0.1) is 6.92 Å². The van der Waals surface area contributed by atoms with Crippen molar-refractivity contribution in [3.8, 4) is 0 Å². The van der Waals surface area contributed by atoms with Gasteiger partial charge in [-0.25, -0.2) is 9.78 Å². The molecule has 5 heteroatoms. The number of aliphatic carboxylic acids is 1. The first-order valence-electron chi connectivity index (χ1n) is 4.57. The second-order valence-corrected chi connectivity index (χ2v) is 4.80. The maximum absolute atomic E-state index is 11.0. The van der Waals surface area contributed by atoms with Crippen LogP contribution in [-0.4, -0.2) is 29.3 Å². The van der Waals surface area contributed by atoms with Crippen molar-refractivity contribution in [1.29, 1.82) is 0 Å². The zero-order valence-corrected chi connectivity index (χ0v) is 10.1. The molecule has 1 aromatic heterocycles. The first-order chi connectivity index (χ1) is 6.91. The summed E-state index contributed by atoms with van der Waals surface area (Å²) in [7, 11) is 1.41. The fraction of sp³-hybridized carbons (Fsp3) is 0.600. The van der Waals surface area contributed by atoms with Gasteiger partial charge >= 0.3 is 5.97 Å². The molecule has 1 heterocycles. The van der Waals surface area contributed by atoms with Crippen molar-refractivity contribution in [3.63, 3.8) is 0 Å². The van der Waals surface area contributed by atoms with Gasteiger partial charge in [0.1, 0.15) is 0 Å². The minimum atomic E-state index is -0.949. The van der Waals surface area contributed by atoms with Crippen LogP contribution in [0.25, 0.3) is 0 Å². The van der Waals surface area contributed by atoms with E-state index in [9.17, 15) is 4.79 Å². The summed E-state index contributed by atoms with van der Waals surface area (Å²) < 4.78 is 5.03. The molecule has 0 spiro atoms. The summed E-state index contributed by atoms with van der Waals surface area (Å²) in [4.78, 5) is 16.1. The Bertz CT molecular complexity index is 359. The Hall–Kier alpha value is -0.940. The molecule has 0 saturated carbocycles. The van der Waals surface area contributed by atoms with Crippen molar-refractivity contribution in [1.82, 2.24) is 4.98 Å². The van der Waals surface area contributed by atoms with E-state index >= 15 is 0 Å². The molecule has 0 fully saturated rings. The highest BCUT2D eigenvalue weighted by Gasteiger charge is 2.39. The SMILES string of the molecule is COC(C(=O)O)C(C)(C)c1scnc1C. The van der Waals surface area contributed by atoms with Crippen molar-refractivity contribution in [2.24, 2.45) is 0 Å². The first-order valence-corrected chi connectivity index (χ1v) is 5.45. The Morgan fingerprint density at radius 1 is 1.67 bits per heavy atom. The quantitative estimate of drug-likeness (QED) is 0.855. The lowest BCUT2D eigenvalue weighted by Crippen LogP contribution is -2.41. The number of methoxy groups -OCH3 is 1. The first kappa shape index (κ1) is 12.1. The average Bonchev–Trinajstić information content (AvgIpc) is 2.51. The van der Waals surface area contributed by atoms with Gasteiger partial charge in [-0.3, -0.25) is 0 Å². The molecular weight excluding hydrogens is 214 g/mol. The van der Waals surface area contributed by atoms with Crippen LogP contribution in [0.15, 0.2) is 5.51 Å². The van der Waals surface area contributed by atoms with Crippen LogP contribution in [0.4, 0.5) is 0 Å². The summed E-state index contributed by atoms with van der Waals surface area (Å²) in [5.41, 5.74) is 2.03. The number of hydrogen-bond acceptors (Lipinski definition) is 4. The van der Waals surface area contributed by atoms with Gasteiger partial charge in [0.05, 0.1) is 11.2 Å². The van der Waals surface area contributed by atoms with E-state index in [4.69, 9.17) is 9.84 Å². The third-order valence-electron chi connectivity index (χ3n) is 2.45. The number of carboxylic acids is 1. The highest BCUT2D eigenvalue weighted by molar-refractivity contribution is 7.09. The molecule has 1 unspecified atom stereocenters. The van der Waals surface area contributed by atoms with Crippen LogP contribution in [0.3, 0.4) is 0 Å². The number of nitrogens with zero attached hydrogens (tertiary/aromatic N) is 1. The van der Waals surface area contributed by atoms with Gasteiger partial charge in [0.15, 0.2) is 6.10 Å². The van der Waals surface area contributed by atoms with E-state index in [1.807, 2.05) is 20.8 Å². The van der Waals surface area contributed by atoms with Crippen LogP contribution in [0.1, 0.15) is 24.4 Å². The molecule has 15 heavy (non-hydrogen) atoms. The minimum absolute atomic E-state index is 0.564. The summed E-state index contributed by atoms with van der Waals surface area (Å²) in [6.45, 7) is 5.59. The lowest BCUT2D eigenvalue weighted by atomic mass is 9.84. The summed E-state index contributed by atoms with van der Waals surface area (Å²) in [6.07, 6.45) is -0.850. The van der Waals surface area contributed by atoms with Crippen molar-refractivity contribution < 1.29 is 14.6 Å². The van der Waals surface area contributed by atoms with Crippen LogP contribution in [0.5, 0.6) is 0 Å². The topological polar surface area (TPSA) is 59.4 Å². The molecule has 0 amide bonds. The summed E-state index contributed by atoms with van der Waals surface area (Å²) in [5, 5.41) is 9.06. The fourth-order valence-electron chi connectivity index (χ4n) is 1.74. The lowest BCUT2D eigenvalue weighted by Gasteiger charge is -2.29. The van der Waals surface area contributed by atoms with Gasteiger partial charge in [-0.1, -0.05) is 13.8 Å². The number of aryl methyl sites for hydroxylation is 1. The predicted octanol–water partition coefficient (Wildman–Crippen LogP) is 1.83. The highest BCUT2D eigenvalue weighted by atomic mass is 32.1. The molecule has 0 saturated heterocycles. The van der Waals surface area contributed by atoms with Crippen LogP contribution >= 0.6 is 11.3 Å². The Morgan fingerprint density at radius 2 is 2.27 bits per heavy atom. The monoisotopic (exact) mass is 229 g/mol. The zero-order valence-electron chi connectivity index (χ0n) is 9.27. The van der Waals surface area contributed by atoms with Gasteiger partial charge in [0.25, 0.3) is 0 Å². The van der Waals surface area contributed by atoms with E-state index in [2.05, 4.69) is 4.98 Å². The number of hydrogen-bond donors (Lipinski definition) is 1.